The molecule has 0 aromatic heterocycles. The van der Waals surface area contributed by atoms with Crippen LogP contribution in [0, 0.1) is 0 Å². The molecule has 9 nitrogen and oxygen atoms in total. The van der Waals surface area contributed by atoms with E-state index in [4.69, 9.17) is 24.5 Å². The maximum Gasteiger partial charge on any atom is 0.164 e. The van der Waals surface area contributed by atoms with Crippen molar-refractivity contribution in [1.29, 1.82) is 0 Å². The van der Waals surface area contributed by atoms with E-state index >= 15 is 0 Å². The molecule has 9 heteroatoms. The van der Waals surface area contributed by atoms with E-state index in [1.807, 2.05) is 0 Å². The lowest BCUT2D eigenvalue weighted by atomic mass is 9.91. The normalized spacial score (nSPS) is 37.7. The average molecular weight is 317 g/mol. The summed E-state index contributed by atoms with van der Waals surface area (Å²) in [5.41, 5.74) is 7.22. The molecule has 0 radical (unpaired) electrons. The second-order valence-corrected chi connectivity index (χ2v) is 6.51. The lowest BCUT2D eigenvalue weighted by Crippen LogP contribution is -2.55. The van der Waals surface area contributed by atoms with Gasteiger partial charge in [0.1, 0.15) is 23.9 Å². The predicted octanol–water partition coefficient (Wildman–Crippen LogP) is 0.692. The molecule has 2 aliphatic heterocycles. The Morgan fingerprint density at radius 2 is 1.95 bits per heavy atom. The van der Waals surface area contributed by atoms with Crippen LogP contribution in [0.4, 0.5) is 0 Å². The third kappa shape index (κ3) is 3.36. The molecular weight excluding hydrogens is 294 g/mol. The number of aliphatic hydroxyl groups is 2. The molecular formula is C13H23N3O6. The summed E-state index contributed by atoms with van der Waals surface area (Å²) >= 11 is 0. The number of hydrogen-bond donors (Lipinski definition) is 2. The largest absolute Gasteiger partial charge is 0.393 e. The molecule has 2 rings (SSSR count). The summed E-state index contributed by atoms with van der Waals surface area (Å²) in [6.07, 6.45) is -2.65. The highest BCUT2D eigenvalue weighted by molar-refractivity contribution is 5.03. The number of ether oxygens (including phenoxy) is 4. The third-order valence-corrected chi connectivity index (χ3v) is 3.77. The van der Waals surface area contributed by atoms with Gasteiger partial charge < -0.3 is 29.2 Å². The monoisotopic (exact) mass is 317 g/mol. The summed E-state index contributed by atoms with van der Waals surface area (Å²) in [4.78, 5) is 2.70. The molecule has 2 aliphatic rings. The van der Waals surface area contributed by atoms with Crippen LogP contribution in [0.15, 0.2) is 5.11 Å². The van der Waals surface area contributed by atoms with Crippen LogP contribution in [0.3, 0.4) is 0 Å². The average Bonchev–Trinajstić information content (AvgIpc) is 2.93. The number of azide groups is 1. The first-order valence-corrected chi connectivity index (χ1v) is 7.14. The van der Waals surface area contributed by atoms with Crippen molar-refractivity contribution in [3.63, 3.8) is 0 Å². The molecule has 126 valence electrons. The number of nitrogens with zero attached hydrogens (tertiary/aromatic N) is 3. The minimum atomic E-state index is -1.33. The lowest BCUT2D eigenvalue weighted by Gasteiger charge is -2.34. The second-order valence-electron chi connectivity index (χ2n) is 6.51. The van der Waals surface area contributed by atoms with Crippen molar-refractivity contribution in [2.75, 3.05) is 19.8 Å². The molecule has 0 unspecified atom stereocenters. The Bertz CT molecular complexity index is 465. The Labute approximate surface area is 128 Å². The molecule has 22 heavy (non-hydrogen) atoms. The van der Waals surface area contributed by atoms with Gasteiger partial charge in [-0.3, -0.25) is 0 Å². The highest BCUT2D eigenvalue weighted by Crippen LogP contribution is 2.40. The fraction of sp³-hybridized carbons (Fsp3) is 1.00. The summed E-state index contributed by atoms with van der Waals surface area (Å²) < 4.78 is 22.6. The van der Waals surface area contributed by atoms with Gasteiger partial charge in [-0.1, -0.05) is 5.11 Å². The molecule has 4 atom stereocenters. The zero-order valence-electron chi connectivity index (χ0n) is 13.2. The molecule has 0 aromatic carbocycles. The highest BCUT2D eigenvalue weighted by Gasteiger charge is 2.58. The first-order chi connectivity index (χ1) is 10.1. The van der Waals surface area contributed by atoms with E-state index in [1.165, 1.54) is 0 Å². The lowest BCUT2D eigenvalue weighted by molar-refractivity contribution is -0.179. The van der Waals surface area contributed by atoms with Gasteiger partial charge >= 0.3 is 0 Å². The zero-order chi connectivity index (χ0) is 16.6. The third-order valence-electron chi connectivity index (χ3n) is 3.77. The maximum atomic E-state index is 10.6. The number of hydrogen-bond acceptors (Lipinski definition) is 7. The Balaban J connectivity index is 2.23. The molecule has 2 saturated heterocycles. The standard InChI is InChI=1S/C13H23N3O6/c1-11(2)19-5-8(20-11)9(18)10-13(7-17,6-15-16-14)22-12(3,4)21-10/h8-10,17-18H,5-7H2,1-4H3/t8-,9-,10+,13-/m1/s1. The molecule has 0 aliphatic carbocycles. The Kier molecular flexibility index (Phi) is 4.70. The van der Waals surface area contributed by atoms with Gasteiger partial charge in [-0.2, -0.15) is 0 Å². The van der Waals surface area contributed by atoms with Gasteiger partial charge in [0, 0.05) is 4.91 Å². The van der Waals surface area contributed by atoms with Crippen molar-refractivity contribution < 1.29 is 29.2 Å². The van der Waals surface area contributed by atoms with Crippen molar-refractivity contribution in [3.8, 4) is 0 Å². The zero-order valence-corrected chi connectivity index (χ0v) is 13.2. The fourth-order valence-corrected chi connectivity index (χ4v) is 2.89. The smallest absolute Gasteiger partial charge is 0.164 e. The Hall–Kier alpha value is -0.930. The van der Waals surface area contributed by atoms with Crippen LogP contribution in [-0.4, -0.2) is 65.5 Å². The molecule has 2 heterocycles. The van der Waals surface area contributed by atoms with E-state index in [0.29, 0.717) is 0 Å². The van der Waals surface area contributed by atoms with E-state index in [2.05, 4.69) is 10.0 Å². The number of rotatable bonds is 5. The van der Waals surface area contributed by atoms with Crippen LogP contribution in [0.1, 0.15) is 27.7 Å². The van der Waals surface area contributed by atoms with Crippen molar-refractivity contribution in [2.45, 2.75) is 63.2 Å². The molecule has 0 bridgehead atoms. The summed E-state index contributed by atoms with van der Waals surface area (Å²) in [7, 11) is 0. The van der Waals surface area contributed by atoms with Gasteiger partial charge in [-0.15, -0.1) is 0 Å². The minimum absolute atomic E-state index is 0.165. The second kappa shape index (κ2) is 5.93. The molecule has 0 aromatic rings. The van der Waals surface area contributed by atoms with E-state index in [0.717, 1.165) is 0 Å². The van der Waals surface area contributed by atoms with Crippen molar-refractivity contribution >= 4 is 0 Å². The van der Waals surface area contributed by atoms with Crippen LogP contribution in [0.2, 0.25) is 0 Å². The SMILES string of the molecule is CC1(C)OC[C@H]([C@@H](O)[C@@H]2OC(C)(C)O[C@@]2(CO)CN=[N+]=[N-])O1. The van der Waals surface area contributed by atoms with E-state index in [-0.39, 0.29) is 13.2 Å². The molecule has 2 fully saturated rings. The first-order valence-electron chi connectivity index (χ1n) is 7.14. The van der Waals surface area contributed by atoms with E-state index in [9.17, 15) is 10.2 Å². The van der Waals surface area contributed by atoms with E-state index < -0.39 is 42.1 Å². The Morgan fingerprint density at radius 3 is 2.45 bits per heavy atom. The summed E-state index contributed by atoms with van der Waals surface area (Å²) in [5, 5.41) is 23.9. The van der Waals surface area contributed by atoms with Gasteiger partial charge in [0.2, 0.25) is 0 Å². The summed E-state index contributed by atoms with van der Waals surface area (Å²) in [6.45, 7) is 6.38. The van der Waals surface area contributed by atoms with Crippen LogP contribution in [0.5, 0.6) is 0 Å². The maximum absolute atomic E-state index is 10.6. The van der Waals surface area contributed by atoms with Crippen LogP contribution in [-0.2, 0) is 18.9 Å². The summed E-state index contributed by atoms with van der Waals surface area (Å²) in [6, 6.07) is 0. The topological polar surface area (TPSA) is 126 Å². The molecule has 0 amide bonds. The molecule has 0 saturated carbocycles. The van der Waals surface area contributed by atoms with Gasteiger partial charge in [0.05, 0.1) is 19.8 Å². The highest BCUT2D eigenvalue weighted by atomic mass is 16.8. The minimum Gasteiger partial charge on any atom is -0.393 e. The van der Waals surface area contributed by atoms with Crippen LogP contribution >= 0.6 is 0 Å². The van der Waals surface area contributed by atoms with Crippen molar-refractivity contribution in [1.82, 2.24) is 0 Å². The van der Waals surface area contributed by atoms with Crippen LogP contribution < -0.4 is 0 Å². The van der Waals surface area contributed by atoms with Crippen LogP contribution in [0.25, 0.3) is 10.4 Å². The predicted molar refractivity (Wildman–Crippen MR) is 74.8 cm³/mol. The van der Waals surface area contributed by atoms with Gasteiger partial charge in [0.15, 0.2) is 11.6 Å². The van der Waals surface area contributed by atoms with Crippen molar-refractivity contribution in [2.24, 2.45) is 5.11 Å². The number of aliphatic hydroxyl groups excluding tert-OH is 2. The summed E-state index contributed by atoms with van der Waals surface area (Å²) in [5.74, 6) is -1.83. The Morgan fingerprint density at radius 1 is 1.27 bits per heavy atom. The van der Waals surface area contributed by atoms with Gasteiger partial charge in [-0.05, 0) is 33.2 Å². The first kappa shape index (κ1) is 17.4. The quantitative estimate of drug-likeness (QED) is 0.436. The van der Waals surface area contributed by atoms with E-state index in [1.54, 1.807) is 27.7 Å². The van der Waals surface area contributed by atoms with Crippen molar-refractivity contribution in [3.05, 3.63) is 10.4 Å². The fourth-order valence-electron chi connectivity index (χ4n) is 2.89. The van der Waals surface area contributed by atoms with Gasteiger partial charge in [-0.25, -0.2) is 0 Å². The van der Waals surface area contributed by atoms with Gasteiger partial charge in [0.25, 0.3) is 0 Å². The molecule has 0 spiro atoms. The molecule has 2 N–H and O–H groups in total.